The highest BCUT2D eigenvalue weighted by atomic mass is 19.1. The number of hydrogen-bond donors (Lipinski definition) is 2. The second-order valence-corrected chi connectivity index (χ2v) is 4.32. The van der Waals surface area contributed by atoms with Crippen molar-refractivity contribution in [2.45, 2.75) is 6.61 Å². The van der Waals surface area contributed by atoms with Crippen molar-refractivity contribution in [1.29, 1.82) is 0 Å². The molecule has 0 heterocycles. The van der Waals surface area contributed by atoms with Gasteiger partial charge in [-0.3, -0.25) is 0 Å². The van der Waals surface area contributed by atoms with Crippen LogP contribution in [-0.4, -0.2) is 16.2 Å². The third-order valence-electron chi connectivity index (χ3n) is 2.70. The fourth-order valence-electron chi connectivity index (χ4n) is 1.66. The van der Waals surface area contributed by atoms with E-state index in [2.05, 4.69) is 0 Å². The Morgan fingerprint density at radius 1 is 1.19 bits per heavy atom. The molecular formula is C16H13FO4. The van der Waals surface area contributed by atoms with Crippen LogP contribution in [0.5, 0.6) is 11.5 Å². The topological polar surface area (TPSA) is 66.8 Å². The highest BCUT2D eigenvalue weighted by Gasteiger charge is 2.04. The summed E-state index contributed by atoms with van der Waals surface area (Å²) in [7, 11) is 0. The van der Waals surface area contributed by atoms with Crippen LogP contribution in [0.15, 0.2) is 48.5 Å². The number of aromatic hydroxyl groups is 1. The Morgan fingerprint density at radius 2 is 1.90 bits per heavy atom. The molecule has 0 aliphatic heterocycles. The summed E-state index contributed by atoms with van der Waals surface area (Å²) in [6.07, 6.45) is 2.24. The van der Waals surface area contributed by atoms with Crippen LogP contribution in [0.1, 0.15) is 11.1 Å². The van der Waals surface area contributed by atoms with E-state index in [0.29, 0.717) is 5.56 Å². The molecule has 5 heteroatoms. The van der Waals surface area contributed by atoms with Crippen molar-refractivity contribution in [2.75, 3.05) is 0 Å². The molecule has 0 aliphatic rings. The first kappa shape index (κ1) is 14.6. The maximum Gasteiger partial charge on any atom is 0.328 e. The summed E-state index contributed by atoms with van der Waals surface area (Å²) in [5, 5.41) is 17.7. The molecule has 0 bridgehead atoms. The van der Waals surface area contributed by atoms with Crippen molar-refractivity contribution in [3.8, 4) is 11.5 Å². The van der Waals surface area contributed by atoms with Gasteiger partial charge >= 0.3 is 5.97 Å². The van der Waals surface area contributed by atoms with E-state index in [1.165, 1.54) is 30.3 Å². The lowest BCUT2D eigenvalue weighted by Crippen LogP contribution is -1.97. The first-order valence-corrected chi connectivity index (χ1v) is 6.16. The van der Waals surface area contributed by atoms with Crippen molar-refractivity contribution in [2.24, 2.45) is 0 Å². The summed E-state index contributed by atoms with van der Waals surface area (Å²) < 4.78 is 19.1. The van der Waals surface area contributed by atoms with Crippen molar-refractivity contribution < 1.29 is 24.1 Å². The number of benzene rings is 2. The van der Waals surface area contributed by atoms with Gasteiger partial charge in [0.25, 0.3) is 0 Å². The molecule has 0 saturated heterocycles. The van der Waals surface area contributed by atoms with Crippen molar-refractivity contribution in [3.05, 3.63) is 65.5 Å². The molecule has 0 aliphatic carbocycles. The van der Waals surface area contributed by atoms with E-state index in [0.717, 1.165) is 11.6 Å². The number of halogens is 1. The van der Waals surface area contributed by atoms with E-state index in [1.54, 1.807) is 18.2 Å². The molecule has 0 amide bonds. The molecule has 108 valence electrons. The van der Waals surface area contributed by atoms with E-state index in [4.69, 9.17) is 14.9 Å². The van der Waals surface area contributed by atoms with E-state index in [9.17, 15) is 9.18 Å². The lowest BCUT2D eigenvalue weighted by molar-refractivity contribution is -0.131. The van der Waals surface area contributed by atoms with Crippen molar-refractivity contribution in [1.82, 2.24) is 0 Å². The number of phenolic OH excluding ortho intramolecular Hbond substituents is 1. The molecule has 0 saturated carbocycles. The molecule has 0 fully saturated rings. The SMILES string of the molecule is O=C(O)/C=C/c1ccc(OCc2ccc(O)cc2)c(F)c1. The van der Waals surface area contributed by atoms with E-state index >= 15 is 0 Å². The van der Waals surface area contributed by atoms with Gasteiger partial charge in [0, 0.05) is 6.08 Å². The van der Waals surface area contributed by atoms with Gasteiger partial charge in [-0.1, -0.05) is 18.2 Å². The van der Waals surface area contributed by atoms with E-state index in [1.807, 2.05) is 0 Å². The zero-order valence-corrected chi connectivity index (χ0v) is 11.0. The lowest BCUT2D eigenvalue weighted by Gasteiger charge is -2.08. The Labute approximate surface area is 120 Å². The van der Waals surface area contributed by atoms with Crippen LogP contribution in [0.4, 0.5) is 4.39 Å². The summed E-state index contributed by atoms with van der Waals surface area (Å²) in [6, 6.07) is 10.6. The molecule has 2 N–H and O–H groups in total. The number of carboxylic acid groups (broad SMARTS) is 1. The number of aliphatic carboxylic acids is 1. The molecule has 4 nitrogen and oxygen atoms in total. The number of phenols is 1. The van der Waals surface area contributed by atoms with Crippen molar-refractivity contribution >= 4 is 12.0 Å². The molecule has 0 radical (unpaired) electrons. The van der Waals surface area contributed by atoms with E-state index in [-0.39, 0.29) is 18.1 Å². The summed E-state index contributed by atoms with van der Waals surface area (Å²) in [5.41, 5.74) is 1.23. The minimum Gasteiger partial charge on any atom is -0.508 e. The van der Waals surface area contributed by atoms with Gasteiger partial charge in [-0.25, -0.2) is 9.18 Å². The number of hydrogen-bond acceptors (Lipinski definition) is 3. The second kappa shape index (κ2) is 6.56. The zero-order chi connectivity index (χ0) is 15.2. The quantitative estimate of drug-likeness (QED) is 0.829. The largest absolute Gasteiger partial charge is 0.508 e. The smallest absolute Gasteiger partial charge is 0.328 e. The van der Waals surface area contributed by atoms with Gasteiger partial charge in [-0.15, -0.1) is 0 Å². The van der Waals surface area contributed by atoms with Gasteiger partial charge in [0.2, 0.25) is 0 Å². The van der Waals surface area contributed by atoms with Gasteiger partial charge in [-0.05, 0) is 41.5 Å². The molecule has 2 aromatic carbocycles. The average Bonchev–Trinajstić information content (AvgIpc) is 2.46. The number of carbonyl (C=O) groups is 1. The molecular weight excluding hydrogens is 275 g/mol. The van der Waals surface area contributed by atoms with Gasteiger partial charge in [0.05, 0.1) is 0 Å². The molecule has 0 atom stereocenters. The second-order valence-electron chi connectivity index (χ2n) is 4.32. The van der Waals surface area contributed by atoms with Gasteiger partial charge in [0.15, 0.2) is 11.6 Å². The summed E-state index contributed by atoms with van der Waals surface area (Å²) >= 11 is 0. The molecule has 2 rings (SSSR count). The predicted molar refractivity (Wildman–Crippen MR) is 75.5 cm³/mol. The maximum absolute atomic E-state index is 13.8. The fraction of sp³-hybridized carbons (Fsp3) is 0.0625. The van der Waals surface area contributed by atoms with Crippen LogP contribution >= 0.6 is 0 Å². The third kappa shape index (κ3) is 4.35. The summed E-state index contributed by atoms with van der Waals surface area (Å²) in [5.74, 6) is -1.43. The Kier molecular flexibility index (Phi) is 4.56. The first-order chi connectivity index (χ1) is 10.0. The Balaban J connectivity index is 2.04. The lowest BCUT2D eigenvalue weighted by atomic mass is 10.2. The average molecular weight is 288 g/mol. The van der Waals surface area contributed by atoms with Crippen LogP contribution in [0.3, 0.4) is 0 Å². The molecule has 21 heavy (non-hydrogen) atoms. The predicted octanol–water partition coefficient (Wildman–Crippen LogP) is 3.21. The molecule has 0 aromatic heterocycles. The van der Waals surface area contributed by atoms with Gasteiger partial charge < -0.3 is 14.9 Å². The van der Waals surface area contributed by atoms with Gasteiger partial charge in [0.1, 0.15) is 12.4 Å². The Morgan fingerprint density at radius 3 is 2.52 bits per heavy atom. The normalized spacial score (nSPS) is 10.7. The van der Waals surface area contributed by atoms with Crippen LogP contribution in [0.2, 0.25) is 0 Å². The Hall–Kier alpha value is -2.82. The molecule has 0 unspecified atom stereocenters. The molecule has 0 spiro atoms. The van der Waals surface area contributed by atoms with Crippen molar-refractivity contribution in [3.63, 3.8) is 0 Å². The number of rotatable bonds is 5. The fourth-order valence-corrected chi connectivity index (χ4v) is 1.66. The van der Waals surface area contributed by atoms with E-state index < -0.39 is 11.8 Å². The van der Waals surface area contributed by atoms with Gasteiger partial charge in [-0.2, -0.15) is 0 Å². The zero-order valence-electron chi connectivity index (χ0n) is 11.0. The highest BCUT2D eigenvalue weighted by molar-refractivity contribution is 5.85. The van der Waals surface area contributed by atoms with Crippen LogP contribution in [-0.2, 0) is 11.4 Å². The van der Waals surface area contributed by atoms with Crippen LogP contribution in [0, 0.1) is 5.82 Å². The van der Waals surface area contributed by atoms with Crippen LogP contribution in [0.25, 0.3) is 6.08 Å². The highest BCUT2D eigenvalue weighted by Crippen LogP contribution is 2.21. The summed E-state index contributed by atoms with van der Waals surface area (Å²) in [4.78, 5) is 10.4. The Bertz CT molecular complexity index is 662. The first-order valence-electron chi connectivity index (χ1n) is 6.16. The molecule has 2 aromatic rings. The number of ether oxygens (including phenoxy) is 1. The monoisotopic (exact) mass is 288 g/mol. The third-order valence-corrected chi connectivity index (χ3v) is 2.70. The minimum atomic E-state index is -1.09. The number of carboxylic acids is 1. The van der Waals surface area contributed by atoms with Crippen LogP contribution < -0.4 is 4.74 Å². The maximum atomic E-state index is 13.8. The standard InChI is InChI=1S/C16H13FO4/c17-14-9-11(4-8-16(19)20)3-7-15(14)21-10-12-1-5-13(18)6-2-12/h1-9,18H,10H2,(H,19,20)/b8-4+. The minimum absolute atomic E-state index is 0.0792. The summed E-state index contributed by atoms with van der Waals surface area (Å²) in [6.45, 7) is 0.168.